The standard InChI is InChI=1S/C17H12F3N5O4/c1-29-13-6-5-12(23-24-13)21-8-11-14(26)22-16(28)25(15(11)27)10-4-2-3-9(7-10)17(18,19)20/h2-8,11H,1H3,(H,22,26,28)/t11-/m1/s1. The maximum atomic E-state index is 12.9. The average molecular weight is 407 g/mol. The molecule has 12 heteroatoms. The summed E-state index contributed by atoms with van der Waals surface area (Å²) < 4.78 is 43.6. The number of ether oxygens (including phenoxy) is 1. The van der Waals surface area contributed by atoms with E-state index in [0.29, 0.717) is 11.0 Å². The number of amides is 4. The van der Waals surface area contributed by atoms with Gasteiger partial charge < -0.3 is 4.74 Å². The quantitative estimate of drug-likeness (QED) is 0.613. The highest BCUT2D eigenvalue weighted by molar-refractivity contribution is 6.32. The van der Waals surface area contributed by atoms with Gasteiger partial charge in [-0.1, -0.05) is 6.07 Å². The van der Waals surface area contributed by atoms with Gasteiger partial charge in [0.2, 0.25) is 11.8 Å². The highest BCUT2D eigenvalue weighted by Crippen LogP contribution is 2.32. The van der Waals surface area contributed by atoms with Crippen molar-refractivity contribution in [3.8, 4) is 5.88 Å². The molecule has 1 aromatic heterocycles. The third-order valence-electron chi connectivity index (χ3n) is 3.82. The van der Waals surface area contributed by atoms with Crippen LogP contribution in [0.3, 0.4) is 0 Å². The van der Waals surface area contributed by atoms with Crippen LogP contribution in [-0.4, -0.2) is 41.4 Å². The first-order chi connectivity index (χ1) is 13.7. The lowest BCUT2D eigenvalue weighted by Gasteiger charge is -2.28. The fourth-order valence-electron chi connectivity index (χ4n) is 2.43. The molecule has 4 amide bonds. The predicted molar refractivity (Wildman–Crippen MR) is 92.7 cm³/mol. The maximum Gasteiger partial charge on any atom is 0.416 e. The molecule has 0 bridgehead atoms. The zero-order valence-corrected chi connectivity index (χ0v) is 14.7. The van der Waals surface area contributed by atoms with Crippen LogP contribution in [-0.2, 0) is 15.8 Å². The Hall–Kier alpha value is -3.83. The molecule has 1 saturated heterocycles. The number of carbonyl (C=O) groups is 3. The molecule has 0 aliphatic carbocycles. The van der Waals surface area contributed by atoms with Gasteiger partial charge in [-0.15, -0.1) is 10.2 Å². The monoisotopic (exact) mass is 407 g/mol. The summed E-state index contributed by atoms with van der Waals surface area (Å²) in [6.07, 6.45) is -3.74. The van der Waals surface area contributed by atoms with Crippen molar-refractivity contribution in [2.24, 2.45) is 10.9 Å². The number of aliphatic imine (C=N–C) groups is 1. The number of nitrogens with zero attached hydrogens (tertiary/aromatic N) is 4. The van der Waals surface area contributed by atoms with Crippen molar-refractivity contribution in [2.75, 3.05) is 12.0 Å². The maximum absolute atomic E-state index is 12.9. The molecule has 9 nitrogen and oxygen atoms in total. The molecule has 1 aliphatic heterocycles. The van der Waals surface area contributed by atoms with Crippen molar-refractivity contribution in [1.82, 2.24) is 15.5 Å². The number of benzene rings is 1. The largest absolute Gasteiger partial charge is 0.480 e. The molecular formula is C17H12F3N5O4. The van der Waals surface area contributed by atoms with Crippen LogP contribution in [0.1, 0.15) is 5.56 Å². The summed E-state index contributed by atoms with van der Waals surface area (Å²) in [4.78, 5) is 41.1. The number of anilines is 1. The van der Waals surface area contributed by atoms with Gasteiger partial charge in [-0.3, -0.25) is 14.9 Å². The van der Waals surface area contributed by atoms with Crippen molar-refractivity contribution < 1.29 is 32.3 Å². The van der Waals surface area contributed by atoms with E-state index in [4.69, 9.17) is 4.74 Å². The summed E-state index contributed by atoms with van der Waals surface area (Å²) in [5.74, 6) is -3.30. The molecule has 0 spiro atoms. The third-order valence-corrected chi connectivity index (χ3v) is 3.82. The van der Waals surface area contributed by atoms with Crippen molar-refractivity contribution in [3.63, 3.8) is 0 Å². The summed E-state index contributed by atoms with van der Waals surface area (Å²) >= 11 is 0. The van der Waals surface area contributed by atoms with Crippen LogP contribution in [0.4, 0.5) is 29.5 Å². The molecule has 0 saturated carbocycles. The summed E-state index contributed by atoms with van der Waals surface area (Å²) in [6, 6.07) is 5.31. The molecule has 2 aromatic rings. The average Bonchev–Trinajstić information content (AvgIpc) is 2.67. The summed E-state index contributed by atoms with van der Waals surface area (Å²) in [5.41, 5.74) is -1.39. The van der Waals surface area contributed by atoms with Crippen LogP contribution in [0, 0.1) is 5.92 Å². The Balaban J connectivity index is 1.89. The topological polar surface area (TPSA) is 114 Å². The van der Waals surface area contributed by atoms with E-state index in [9.17, 15) is 27.6 Å². The molecule has 1 fully saturated rings. The van der Waals surface area contributed by atoms with Gasteiger partial charge in [0.25, 0.3) is 5.91 Å². The van der Waals surface area contributed by atoms with E-state index in [2.05, 4.69) is 15.2 Å². The molecule has 1 N–H and O–H groups in total. The number of hydrogen-bond acceptors (Lipinski definition) is 7. The van der Waals surface area contributed by atoms with E-state index in [0.717, 1.165) is 24.4 Å². The number of rotatable bonds is 4. The van der Waals surface area contributed by atoms with E-state index in [-0.39, 0.29) is 17.4 Å². The Morgan fingerprint density at radius 3 is 2.55 bits per heavy atom. The number of barbiturate groups is 1. The molecule has 1 aliphatic rings. The molecule has 2 heterocycles. The zero-order valence-electron chi connectivity index (χ0n) is 14.7. The van der Waals surface area contributed by atoms with Crippen molar-refractivity contribution in [1.29, 1.82) is 0 Å². The fraction of sp³-hybridized carbons (Fsp3) is 0.176. The lowest BCUT2D eigenvalue weighted by atomic mass is 10.1. The van der Waals surface area contributed by atoms with Crippen LogP contribution >= 0.6 is 0 Å². The second-order valence-corrected chi connectivity index (χ2v) is 5.71. The van der Waals surface area contributed by atoms with Crippen LogP contribution in [0.25, 0.3) is 0 Å². The first kappa shape index (κ1) is 19.9. The van der Waals surface area contributed by atoms with Crippen molar-refractivity contribution in [3.05, 3.63) is 42.0 Å². The van der Waals surface area contributed by atoms with Gasteiger partial charge in [-0.2, -0.15) is 13.2 Å². The number of nitrogens with one attached hydrogen (secondary N) is 1. The molecule has 3 rings (SSSR count). The van der Waals surface area contributed by atoms with Gasteiger partial charge >= 0.3 is 12.2 Å². The number of methoxy groups -OCH3 is 1. The summed E-state index contributed by atoms with van der Waals surface area (Å²) in [7, 11) is 1.39. The van der Waals surface area contributed by atoms with Crippen LogP contribution < -0.4 is 15.0 Å². The normalized spacial score (nSPS) is 17.6. The lowest BCUT2D eigenvalue weighted by Crippen LogP contribution is -2.58. The van der Waals surface area contributed by atoms with Crippen molar-refractivity contribution in [2.45, 2.75) is 6.18 Å². The Morgan fingerprint density at radius 1 is 1.17 bits per heavy atom. The van der Waals surface area contributed by atoms with Gasteiger partial charge in [-0.05, 0) is 24.3 Å². The Labute approximate surface area is 161 Å². The molecule has 1 atom stereocenters. The number of hydrogen-bond donors (Lipinski definition) is 1. The summed E-state index contributed by atoms with van der Waals surface area (Å²) in [5, 5.41) is 9.28. The summed E-state index contributed by atoms with van der Waals surface area (Å²) in [6.45, 7) is 0. The SMILES string of the molecule is COc1ccc(N=C[C@@H]2C(=O)NC(=O)N(c3cccc(C(F)(F)F)c3)C2=O)nn1. The minimum atomic E-state index is -4.67. The minimum absolute atomic E-state index is 0.0499. The zero-order chi connectivity index (χ0) is 21.2. The number of imide groups is 2. The molecule has 29 heavy (non-hydrogen) atoms. The number of urea groups is 1. The van der Waals surface area contributed by atoms with Gasteiger partial charge in [-0.25, -0.2) is 14.7 Å². The van der Waals surface area contributed by atoms with Gasteiger partial charge in [0.1, 0.15) is 0 Å². The number of aromatic nitrogens is 2. The highest BCUT2D eigenvalue weighted by atomic mass is 19.4. The van der Waals surface area contributed by atoms with Crippen molar-refractivity contribution >= 4 is 35.6 Å². The highest BCUT2D eigenvalue weighted by Gasteiger charge is 2.41. The van der Waals surface area contributed by atoms with Crippen LogP contribution in [0.5, 0.6) is 5.88 Å². The van der Waals surface area contributed by atoms with Gasteiger partial charge in [0.05, 0.1) is 18.4 Å². The van der Waals surface area contributed by atoms with E-state index in [1.165, 1.54) is 19.2 Å². The molecule has 0 radical (unpaired) electrons. The molecule has 1 aromatic carbocycles. The Bertz CT molecular complexity index is 991. The van der Waals surface area contributed by atoms with E-state index in [1.807, 2.05) is 5.32 Å². The van der Waals surface area contributed by atoms with Gasteiger partial charge in [0.15, 0.2) is 11.7 Å². The second kappa shape index (κ2) is 7.66. The Kier molecular flexibility index (Phi) is 5.26. The molecular weight excluding hydrogens is 395 g/mol. The second-order valence-electron chi connectivity index (χ2n) is 5.71. The first-order valence-corrected chi connectivity index (χ1v) is 7.98. The molecule has 150 valence electrons. The first-order valence-electron chi connectivity index (χ1n) is 7.98. The third kappa shape index (κ3) is 4.20. The number of halogens is 3. The fourth-order valence-corrected chi connectivity index (χ4v) is 2.43. The van der Waals surface area contributed by atoms with E-state index < -0.39 is 35.5 Å². The number of alkyl halides is 3. The number of carbonyl (C=O) groups excluding carboxylic acids is 3. The predicted octanol–water partition coefficient (Wildman–Crippen LogP) is 2.11. The van der Waals surface area contributed by atoms with E-state index >= 15 is 0 Å². The smallest absolute Gasteiger partial charge is 0.416 e. The lowest BCUT2D eigenvalue weighted by molar-refractivity contribution is -0.138. The van der Waals surface area contributed by atoms with Crippen LogP contribution in [0.2, 0.25) is 0 Å². The van der Waals surface area contributed by atoms with E-state index in [1.54, 1.807) is 0 Å². The minimum Gasteiger partial charge on any atom is -0.480 e. The Morgan fingerprint density at radius 2 is 1.93 bits per heavy atom. The van der Waals surface area contributed by atoms with Crippen LogP contribution in [0.15, 0.2) is 41.4 Å². The van der Waals surface area contributed by atoms with Gasteiger partial charge in [0, 0.05) is 12.3 Å². The molecule has 0 unspecified atom stereocenters.